The minimum absolute atomic E-state index is 0.267. The molecule has 2 aromatic rings. The van der Waals surface area contributed by atoms with Crippen molar-refractivity contribution in [3.8, 4) is 34.5 Å². The molecule has 2 atom stereocenters. The summed E-state index contributed by atoms with van der Waals surface area (Å²) in [6, 6.07) is 6.78. The second-order valence-electron chi connectivity index (χ2n) is 6.56. The van der Waals surface area contributed by atoms with Crippen LogP contribution >= 0.6 is 0 Å². The summed E-state index contributed by atoms with van der Waals surface area (Å²) < 4.78 is 32.9. The number of benzene rings is 2. The average Bonchev–Trinajstić information content (AvgIpc) is 2.81. The van der Waals surface area contributed by atoms with Gasteiger partial charge in [-0.25, -0.2) is 0 Å². The van der Waals surface area contributed by atoms with Crippen LogP contribution in [0, 0.1) is 0 Å². The number of aliphatic hydroxyl groups excluding tert-OH is 2. The quantitative estimate of drug-likeness (QED) is 0.493. The van der Waals surface area contributed by atoms with Gasteiger partial charge in [0.25, 0.3) is 0 Å². The first-order valence-electron chi connectivity index (χ1n) is 9.59. The smallest absolute Gasteiger partial charge is 0.204 e. The summed E-state index contributed by atoms with van der Waals surface area (Å²) in [6.45, 7) is 3.27. The lowest BCUT2D eigenvalue weighted by atomic mass is 10.0. The highest BCUT2D eigenvalue weighted by Gasteiger charge is 2.28. The van der Waals surface area contributed by atoms with E-state index in [1.807, 2.05) is 0 Å². The molecule has 0 radical (unpaired) electrons. The Kier molecular flexibility index (Phi) is 8.84. The monoisotopic (exact) mass is 434 g/mol. The van der Waals surface area contributed by atoms with Gasteiger partial charge in [0.05, 0.1) is 42.2 Å². The van der Waals surface area contributed by atoms with Crippen LogP contribution in [0.5, 0.6) is 34.5 Å². The molecule has 0 amide bonds. The van der Waals surface area contributed by atoms with E-state index in [9.17, 15) is 10.2 Å². The lowest BCUT2D eigenvalue weighted by Gasteiger charge is -2.26. The lowest BCUT2D eigenvalue weighted by Crippen LogP contribution is -2.29. The van der Waals surface area contributed by atoms with Gasteiger partial charge in [-0.2, -0.15) is 0 Å². The van der Waals surface area contributed by atoms with Crippen molar-refractivity contribution in [1.29, 1.82) is 0 Å². The fourth-order valence-corrected chi connectivity index (χ4v) is 3.17. The molecule has 0 saturated heterocycles. The third-order valence-corrected chi connectivity index (χ3v) is 4.73. The van der Waals surface area contributed by atoms with Crippen molar-refractivity contribution >= 4 is 0 Å². The molecule has 0 aromatic heterocycles. The first-order chi connectivity index (χ1) is 15.0. The average molecular weight is 434 g/mol. The Labute approximate surface area is 182 Å². The first-order valence-corrected chi connectivity index (χ1v) is 9.59. The molecule has 0 unspecified atom stereocenters. The number of methoxy groups -OCH3 is 5. The van der Waals surface area contributed by atoms with Crippen LogP contribution in [-0.4, -0.2) is 58.5 Å². The zero-order valence-corrected chi connectivity index (χ0v) is 18.5. The molecule has 31 heavy (non-hydrogen) atoms. The van der Waals surface area contributed by atoms with Gasteiger partial charge in [-0.15, -0.1) is 6.58 Å². The first kappa shape index (κ1) is 24.2. The normalized spacial score (nSPS) is 12.5. The van der Waals surface area contributed by atoms with Crippen molar-refractivity contribution in [3.63, 3.8) is 0 Å². The van der Waals surface area contributed by atoms with Gasteiger partial charge in [0, 0.05) is 0 Å². The summed E-state index contributed by atoms with van der Waals surface area (Å²) in [6.07, 6.45) is 0.126. The SMILES string of the molecule is C=CCc1cc(OC)c(O[C@H](CO)[C@H](O)c2cc(OC)c(OC)c(OC)c2)c(OC)c1. The van der Waals surface area contributed by atoms with Crippen LogP contribution in [-0.2, 0) is 6.42 Å². The maximum atomic E-state index is 11.0. The molecule has 0 aliphatic heterocycles. The highest BCUT2D eigenvalue weighted by atomic mass is 16.6. The van der Waals surface area contributed by atoms with E-state index in [0.29, 0.717) is 40.7 Å². The molecule has 0 aliphatic carbocycles. The van der Waals surface area contributed by atoms with Crippen molar-refractivity contribution in [2.24, 2.45) is 0 Å². The Morgan fingerprint density at radius 1 is 0.806 bits per heavy atom. The summed E-state index contributed by atoms with van der Waals surface area (Å²) >= 11 is 0. The minimum atomic E-state index is -1.22. The molecule has 0 bridgehead atoms. The standard InChI is InChI=1S/C23H30O8/c1-7-8-14-9-16(26-2)23(17(10-14)27-3)31-20(13-24)21(25)15-11-18(28-4)22(30-6)19(12-15)29-5/h7,9-12,20-21,24-25H,1,8,13H2,2-6H3/t20-,21-/m1/s1. The van der Waals surface area contributed by atoms with Crippen molar-refractivity contribution < 1.29 is 38.6 Å². The Hall–Kier alpha value is -3.10. The van der Waals surface area contributed by atoms with Crippen LogP contribution in [0.1, 0.15) is 17.2 Å². The van der Waals surface area contributed by atoms with Gasteiger partial charge in [0.1, 0.15) is 6.10 Å². The van der Waals surface area contributed by atoms with Gasteiger partial charge in [-0.3, -0.25) is 0 Å². The molecule has 2 rings (SSSR count). The zero-order valence-electron chi connectivity index (χ0n) is 18.5. The number of allylic oxidation sites excluding steroid dienone is 1. The van der Waals surface area contributed by atoms with E-state index < -0.39 is 18.8 Å². The largest absolute Gasteiger partial charge is 0.493 e. The maximum absolute atomic E-state index is 11.0. The summed E-state index contributed by atoms with van der Waals surface area (Å²) in [5.41, 5.74) is 1.33. The minimum Gasteiger partial charge on any atom is -0.493 e. The predicted octanol–water partition coefficient (Wildman–Crippen LogP) is 2.93. The van der Waals surface area contributed by atoms with Crippen LogP contribution in [0.25, 0.3) is 0 Å². The number of hydrogen-bond acceptors (Lipinski definition) is 8. The molecular formula is C23H30O8. The third-order valence-electron chi connectivity index (χ3n) is 4.73. The summed E-state index contributed by atoms with van der Waals surface area (Å²) in [7, 11) is 7.46. The van der Waals surface area contributed by atoms with E-state index in [4.69, 9.17) is 28.4 Å². The second kappa shape index (κ2) is 11.3. The highest BCUT2D eigenvalue weighted by molar-refractivity contribution is 5.56. The highest BCUT2D eigenvalue weighted by Crippen LogP contribution is 2.43. The third kappa shape index (κ3) is 5.34. The molecule has 0 spiro atoms. The van der Waals surface area contributed by atoms with Gasteiger partial charge in [-0.1, -0.05) is 6.08 Å². The summed E-state index contributed by atoms with van der Waals surface area (Å²) in [5.74, 6) is 2.22. The fraction of sp³-hybridized carbons (Fsp3) is 0.391. The van der Waals surface area contributed by atoms with Gasteiger partial charge in [0.2, 0.25) is 11.5 Å². The van der Waals surface area contributed by atoms with E-state index in [2.05, 4.69) is 6.58 Å². The van der Waals surface area contributed by atoms with Crippen LogP contribution in [0.3, 0.4) is 0 Å². The Balaban J connectivity index is 2.44. The van der Waals surface area contributed by atoms with E-state index in [-0.39, 0.29) is 5.75 Å². The van der Waals surface area contributed by atoms with Crippen molar-refractivity contribution in [2.75, 3.05) is 42.2 Å². The molecule has 170 valence electrons. The van der Waals surface area contributed by atoms with Gasteiger partial charge < -0.3 is 38.6 Å². The molecule has 0 saturated carbocycles. The van der Waals surface area contributed by atoms with E-state index in [1.165, 1.54) is 35.5 Å². The molecule has 2 aromatic carbocycles. The summed E-state index contributed by atoms with van der Waals surface area (Å²) in [5, 5.41) is 21.0. The van der Waals surface area contributed by atoms with Crippen molar-refractivity contribution in [3.05, 3.63) is 48.0 Å². The topological polar surface area (TPSA) is 95.8 Å². The van der Waals surface area contributed by atoms with Gasteiger partial charge in [-0.05, 0) is 41.8 Å². The van der Waals surface area contributed by atoms with Crippen LogP contribution in [0.15, 0.2) is 36.9 Å². The van der Waals surface area contributed by atoms with E-state index in [0.717, 1.165) is 5.56 Å². The Morgan fingerprint density at radius 2 is 1.29 bits per heavy atom. The van der Waals surface area contributed by atoms with Crippen LogP contribution < -0.4 is 28.4 Å². The molecular weight excluding hydrogens is 404 g/mol. The molecule has 8 nitrogen and oxygen atoms in total. The molecule has 2 N–H and O–H groups in total. The van der Waals surface area contributed by atoms with Crippen molar-refractivity contribution in [1.82, 2.24) is 0 Å². The van der Waals surface area contributed by atoms with E-state index >= 15 is 0 Å². The molecule has 0 fully saturated rings. The number of rotatable bonds is 12. The molecule has 0 aliphatic rings. The predicted molar refractivity (Wildman–Crippen MR) is 116 cm³/mol. The summed E-state index contributed by atoms with van der Waals surface area (Å²) in [4.78, 5) is 0. The van der Waals surface area contributed by atoms with Gasteiger partial charge >= 0.3 is 0 Å². The van der Waals surface area contributed by atoms with Crippen LogP contribution in [0.2, 0.25) is 0 Å². The van der Waals surface area contributed by atoms with Gasteiger partial charge in [0.15, 0.2) is 29.1 Å². The van der Waals surface area contributed by atoms with E-state index in [1.54, 1.807) is 30.3 Å². The lowest BCUT2D eigenvalue weighted by molar-refractivity contribution is -0.00185. The number of hydrogen-bond donors (Lipinski definition) is 2. The Morgan fingerprint density at radius 3 is 1.68 bits per heavy atom. The molecule has 8 heteroatoms. The second-order valence-corrected chi connectivity index (χ2v) is 6.56. The fourth-order valence-electron chi connectivity index (χ4n) is 3.17. The van der Waals surface area contributed by atoms with Crippen molar-refractivity contribution in [2.45, 2.75) is 18.6 Å². The number of aliphatic hydroxyl groups is 2. The Bertz CT molecular complexity index is 830. The molecule has 0 heterocycles. The van der Waals surface area contributed by atoms with Crippen LogP contribution in [0.4, 0.5) is 0 Å². The zero-order chi connectivity index (χ0) is 23.0. The number of ether oxygens (including phenoxy) is 6. The maximum Gasteiger partial charge on any atom is 0.204 e.